The summed E-state index contributed by atoms with van der Waals surface area (Å²) in [6.07, 6.45) is 5.84. The molecule has 2 saturated heterocycles. The standard InChI is InChI=1S/C17H34N4O3S2/c1-4-18-16(19-14-17(25-3)8-12-24-13-9-17)20-15-6-10-21(11-7-15)26(22,23)5-2/h15H,4-14H2,1-3H3,(H2,18,19,20). The van der Waals surface area contributed by atoms with Gasteiger partial charge in [0.2, 0.25) is 10.0 Å². The zero-order valence-electron chi connectivity index (χ0n) is 16.3. The van der Waals surface area contributed by atoms with Gasteiger partial charge in [-0.15, -0.1) is 0 Å². The van der Waals surface area contributed by atoms with Crippen molar-refractivity contribution in [3.05, 3.63) is 0 Å². The Kier molecular flexibility index (Phi) is 8.50. The van der Waals surface area contributed by atoms with Gasteiger partial charge in [0, 0.05) is 43.6 Å². The molecule has 0 aromatic heterocycles. The summed E-state index contributed by atoms with van der Waals surface area (Å²) in [5.74, 6) is 1.01. The fraction of sp³-hybridized carbons (Fsp3) is 0.941. The summed E-state index contributed by atoms with van der Waals surface area (Å²) in [6, 6.07) is 0.260. The van der Waals surface area contributed by atoms with Crippen molar-refractivity contribution in [1.29, 1.82) is 0 Å². The van der Waals surface area contributed by atoms with Gasteiger partial charge in [0.05, 0.1) is 12.3 Å². The lowest BCUT2D eigenvalue weighted by atomic mass is 9.99. The average Bonchev–Trinajstić information content (AvgIpc) is 2.67. The number of guanidine groups is 1. The van der Waals surface area contributed by atoms with E-state index in [1.54, 1.807) is 11.2 Å². The van der Waals surface area contributed by atoms with Gasteiger partial charge >= 0.3 is 0 Å². The predicted octanol–water partition coefficient (Wildman–Crippen LogP) is 1.27. The Morgan fingerprint density at radius 2 is 1.92 bits per heavy atom. The van der Waals surface area contributed by atoms with Crippen LogP contribution in [0.25, 0.3) is 0 Å². The van der Waals surface area contributed by atoms with E-state index in [9.17, 15) is 8.42 Å². The Balaban J connectivity index is 1.91. The molecule has 0 amide bonds. The van der Waals surface area contributed by atoms with Crippen molar-refractivity contribution >= 4 is 27.7 Å². The van der Waals surface area contributed by atoms with E-state index < -0.39 is 10.0 Å². The summed E-state index contributed by atoms with van der Waals surface area (Å²) in [4.78, 5) is 4.84. The fourth-order valence-corrected chi connectivity index (χ4v) is 5.27. The van der Waals surface area contributed by atoms with Gasteiger partial charge in [-0.2, -0.15) is 11.8 Å². The third kappa shape index (κ3) is 6.00. The van der Waals surface area contributed by atoms with Crippen LogP contribution in [0.15, 0.2) is 4.99 Å². The van der Waals surface area contributed by atoms with Crippen LogP contribution in [0.1, 0.15) is 39.5 Å². The Morgan fingerprint density at radius 1 is 1.27 bits per heavy atom. The predicted molar refractivity (Wildman–Crippen MR) is 109 cm³/mol. The van der Waals surface area contributed by atoms with E-state index in [1.165, 1.54) is 0 Å². The van der Waals surface area contributed by atoms with Crippen LogP contribution in [0.3, 0.4) is 0 Å². The maximum absolute atomic E-state index is 12.0. The molecule has 0 aliphatic carbocycles. The summed E-state index contributed by atoms with van der Waals surface area (Å²) in [7, 11) is -3.07. The minimum Gasteiger partial charge on any atom is -0.381 e. The molecule has 26 heavy (non-hydrogen) atoms. The average molecular weight is 407 g/mol. The van der Waals surface area contributed by atoms with Crippen LogP contribution in [-0.2, 0) is 14.8 Å². The summed E-state index contributed by atoms with van der Waals surface area (Å²) in [5, 5.41) is 6.83. The number of nitrogens with zero attached hydrogens (tertiary/aromatic N) is 2. The number of ether oxygens (including phenoxy) is 1. The molecule has 0 aromatic carbocycles. The van der Waals surface area contributed by atoms with Gasteiger partial charge in [-0.3, -0.25) is 4.99 Å². The molecular formula is C17H34N4O3S2. The van der Waals surface area contributed by atoms with Gasteiger partial charge in [-0.1, -0.05) is 0 Å². The van der Waals surface area contributed by atoms with Crippen molar-refractivity contribution in [1.82, 2.24) is 14.9 Å². The molecule has 0 atom stereocenters. The lowest BCUT2D eigenvalue weighted by Crippen LogP contribution is -2.50. The molecule has 0 radical (unpaired) electrons. The fourth-order valence-electron chi connectivity index (χ4n) is 3.37. The Morgan fingerprint density at radius 3 is 2.46 bits per heavy atom. The molecule has 2 aliphatic heterocycles. The van der Waals surface area contributed by atoms with E-state index in [2.05, 4.69) is 23.8 Å². The van der Waals surface area contributed by atoms with Crippen molar-refractivity contribution in [2.45, 2.75) is 50.3 Å². The van der Waals surface area contributed by atoms with E-state index in [0.717, 1.165) is 57.9 Å². The molecule has 0 saturated carbocycles. The van der Waals surface area contributed by atoms with E-state index in [-0.39, 0.29) is 16.5 Å². The first kappa shape index (κ1) is 21.8. The molecule has 0 unspecified atom stereocenters. The topological polar surface area (TPSA) is 83.0 Å². The Bertz CT molecular complexity index is 554. The lowest BCUT2D eigenvalue weighted by Gasteiger charge is -2.35. The van der Waals surface area contributed by atoms with Crippen molar-refractivity contribution < 1.29 is 13.2 Å². The molecule has 2 fully saturated rings. The highest BCUT2D eigenvalue weighted by Gasteiger charge is 2.32. The molecule has 0 spiro atoms. The number of rotatable bonds is 7. The number of piperidine rings is 1. The van der Waals surface area contributed by atoms with Crippen LogP contribution >= 0.6 is 11.8 Å². The Labute approximate surface area is 162 Å². The number of aliphatic imine (C=N–C) groups is 1. The molecule has 2 rings (SSSR count). The van der Waals surface area contributed by atoms with E-state index in [4.69, 9.17) is 9.73 Å². The maximum Gasteiger partial charge on any atom is 0.213 e. The second-order valence-corrected chi connectivity index (χ2v) is 10.4. The molecule has 2 N–H and O–H groups in total. The number of hydrogen-bond donors (Lipinski definition) is 2. The molecule has 0 bridgehead atoms. The largest absolute Gasteiger partial charge is 0.381 e. The molecule has 7 nitrogen and oxygen atoms in total. The van der Waals surface area contributed by atoms with Crippen LogP contribution in [-0.4, -0.2) is 80.9 Å². The van der Waals surface area contributed by atoms with Crippen LogP contribution < -0.4 is 10.6 Å². The molecular weight excluding hydrogens is 372 g/mol. The van der Waals surface area contributed by atoms with Crippen LogP contribution in [0.4, 0.5) is 0 Å². The van der Waals surface area contributed by atoms with Gasteiger partial charge in [0.25, 0.3) is 0 Å². The van der Waals surface area contributed by atoms with E-state index >= 15 is 0 Å². The second kappa shape index (κ2) is 10.1. The summed E-state index contributed by atoms with van der Waals surface area (Å²) >= 11 is 1.89. The second-order valence-electron chi connectivity index (χ2n) is 6.91. The van der Waals surface area contributed by atoms with Crippen LogP contribution in [0, 0.1) is 0 Å². The maximum atomic E-state index is 12.0. The molecule has 2 heterocycles. The quantitative estimate of drug-likeness (QED) is 0.489. The number of thioether (sulfide) groups is 1. The zero-order chi connectivity index (χ0) is 19.0. The first-order valence-electron chi connectivity index (χ1n) is 9.60. The number of nitrogens with one attached hydrogen (secondary N) is 2. The monoisotopic (exact) mass is 406 g/mol. The Hall–Kier alpha value is -0.510. The van der Waals surface area contributed by atoms with Gasteiger partial charge in [-0.05, 0) is 45.8 Å². The molecule has 2 aliphatic rings. The van der Waals surface area contributed by atoms with E-state index in [1.807, 2.05) is 11.8 Å². The van der Waals surface area contributed by atoms with Gasteiger partial charge in [-0.25, -0.2) is 12.7 Å². The normalized spacial score (nSPS) is 23.0. The van der Waals surface area contributed by atoms with Gasteiger partial charge in [0.15, 0.2) is 5.96 Å². The lowest BCUT2D eigenvalue weighted by molar-refractivity contribution is 0.0794. The van der Waals surface area contributed by atoms with Gasteiger partial charge < -0.3 is 15.4 Å². The third-order valence-electron chi connectivity index (χ3n) is 5.26. The van der Waals surface area contributed by atoms with Crippen LogP contribution in [0.2, 0.25) is 0 Å². The van der Waals surface area contributed by atoms with Crippen molar-refractivity contribution in [3.63, 3.8) is 0 Å². The first-order chi connectivity index (χ1) is 12.4. The summed E-state index contributed by atoms with van der Waals surface area (Å²) < 4.78 is 31.3. The molecule has 0 aromatic rings. The SMILES string of the molecule is CCNC(=NCC1(SC)CCOCC1)NC1CCN(S(=O)(=O)CC)CC1. The van der Waals surface area contributed by atoms with Crippen molar-refractivity contribution in [2.24, 2.45) is 4.99 Å². The minimum absolute atomic E-state index is 0.166. The number of sulfonamides is 1. The van der Waals surface area contributed by atoms with Gasteiger partial charge in [0.1, 0.15) is 0 Å². The molecule has 9 heteroatoms. The van der Waals surface area contributed by atoms with Crippen LogP contribution in [0.5, 0.6) is 0 Å². The van der Waals surface area contributed by atoms with E-state index in [0.29, 0.717) is 13.1 Å². The minimum atomic E-state index is -3.07. The smallest absolute Gasteiger partial charge is 0.213 e. The highest BCUT2D eigenvalue weighted by atomic mass is 32.2. The summed E-state index contributed by atoms with van der Waals surface area (Å²) in [5.41, 5.74) is 0. The summed E-state index contributed by atoms with van der Waals surface area (Å²) in [6.45, 7) is 8.13. The highest BCUT2D eigenvalue weighted by molar-refractivity contribution is 8.00. The van der Waals surface area contributed by atoms with Crippen molar-refractivity contribution in [2.75, 3.05) is 51.4 Å². The zero-order valence-corrected chi connectivity index (χ0v) is 17.9. The molecule has 152 valence electrons. The van der Waals surface area contributed by atoms with Crippen molar-refractivity contribution in [3.8, 4) is 0 Å². The highest BCUT2D eigenvalue weighted by Crippen LogP contribution is 2.34. The first-order valence-corrected chi connectivity index (χ1v) is 12.4. The third-order valence-corrected chi connectivity index (χ3v) is 8.54. The number of hydrogen-bond acceptors (Lipinski definition) is 5.